The van der Waals surface area contributed by atoms with Crippen LogP contribution in [0.5, 0.6) is 0 Å². The monoisotopic (exact) mass is 285 g/mol. The van der Waals surface area contributed by atoms with E-state index in [2.05, 4.69) is 5.10 Å². The Morgan fingerprint density at radius 3 is 2.70 bits per heavy atom. The molecule has 1 aromatic carbocycles. The summed E-state index contributed by atoms with van der Waals surface area (Å²) in [6.07, 6.45) is -2.46. The van der Waals surface area contributed by atoms with Crippen molar-refractivity contribution in [3.63, 3.8) is 0 Å². The molecule has 0 bridgehead atoms. The number of carbonyl (C=O) groups excluding carboxylic acids is 1. The van der Waals surface area contributed by atoms with E-state index in [1.165, 1.54) is 6.20 Å². The summed E-state index contributed by atoms with van der Waals surface area (Å²) in [7, 11) is 0. The number of halogens is 3. The smallest absolute Gasteiger partial charge is 0.369 e. The van der Waals surface area contributed by atoms with Gasteiger partial charge in [-0.2, -0.15) is 18.3 Å². The summed E-state index contributed by atoms with van der Waals surface area (Å²) in [4.78, 5) is 11.3. The number of amides is 1. The minimum Gasteiger partial charge on any atom is -0.369 e. The predicted molar refractivity (Wildman–Crippen MR) is 68.0 cm³/mol. The van der Waals surface area contributed by atoms with E-state index in [1.807, 2.05) is 6.92 Å². The van der Waals surface area contributed by atoms with Gasteiger partial charge in [0.2, 0.25) is 5.91 Å². The first kappa shape index (κ1) is 14.4. The number of benzene rings is 1. The van der Waals surface area contributed by atoms with Gasteiger partial charge >= 0.3 is 6.18 Å². The summed E-state index contributed by atoms with van der Waals surface area (Å²) < 4.78 is 37.8. The van der Waals surface area contributed by atoms with Crippen molar-refractivity contribution in [2.24, 2.45) is 5.73 Å². The number of nitrogens with zero attached hydrogens (tertiary/aromatic N) is 2. The molecule has 4 nitrogen and oxygen atoms in total. The average molecular weight is 285 g/mol. The van der Waals surface area contributed by atoms with Gasteiger partial charge in [0.25, 0.3) is 0 Å². The Hall–Kier alpha value is -2.05. The standard InChI is InChI=1S/C13H14F3N3O/c1-2-10(12(17)20)8-3-4-11-9(5-8)6-19(18-11)7-13(14,15)16/h3-6,10H,2,7H2,1H3,(H2,17,20). The summed E-state index contributed by atoms with van der Waals surface area (Å²) in [6, 6.07) is 4.93. The SMILES string of the molecule is CCC(C(N)=O)c1ccc2nn(CC(F)(F)F)cc2c1. The fourth-order valence-corrected chi connectivity index (χ4v) is 2.18. The Labute approximate surface area is 113 Å². The maximum Gasteiger partial charge on any atom is 0.408 e. The maximum absolute atomic E-state index is 12.3. The molecule has 1 heterocycles. The molecule has 1 unspecified atom stereocenters. The van der Waals surface area contributed by atoms with E-state index < -0.39 is 24.5 Å². The molecule has 1 aromatic heterocycles. The van der Waals surface area contributed by atoms with Gasteiger partial charge in [-0.15, -0.1) is 0 Å². The molecule has 0 aliphatic heterocycles. The zero-order chi connectivity index (χ0) is 14.9. The second kappa shape index (κ2) is 5.15. The predicted octanol–water partition coefficient (Wildman–Crippen LogP) is 2.58. The molecule has 7 heteroatoms. The number of alkyl halides is 3. The first-order valence-corrected chi connectivity index (χ1v) is 6.13. The first-order valence-electron chi connectivity index (χ1n) is 6.13. The Kier molecular flexibility index (Phi) is 3.69. The topological polar surface area (TPSA) is 60.9 Å². The maximum atomic E-state index is 12.3. The van der Waals surface area contributed by atoms with Crippen molar-refractivity contribution in [1.29, 1.82) is 0 Å². The Morgan fingerprint density at radius 2 is 2.15 bits per heavy atom. The van der Waals surface area contributed by atoms with Gasteiger partial charge < -0.3 is 5.73 Å². The lowest BCUT2D eigenvalue weighted by atomic mass is 9.95. The molecule has 0 radical (unpaired) electrons. The summed E-state index contributed by atoms with van der Waals surface area (Å²) in [5.41, 5.74) is 6.45. The molecule has 1 atom stereocenters. The highest BCUT2D eigenvalue weighted by Crippen LogP contribution is 2.24. The number of primary amides is 1. The third-order valence-electron chi connectivity index (χ3n) is 3.07. The van der Waals surface area contributed by atoms with Crippen molar-refractivity contribution in [3.05, 3.63) is 30.0 Å². The lowest BCUT2D eigenvalue weighted by Crippen LogP contribution is -2.20. The van der Waals surface area contributed by atoms with Gasteiger partial charge in [0.05, 0.1) is 11.4 Å². The Morgan fingerprint density at radius 1 is 1.45 bits per heavy atom. The summed E-state index contributed by atoms with van der Waals surface area (Å²) in [5, 5.41) is 4.41. The highest BCUT2D eigenvalue weighted by molar-refractivity contribution is 5.85. The molecule has 108 valence electrons. The van der Waals surface area contributed by atoms with Gasteiger partial charge in [0.1, 0.15) is 6.54 Å². The number of hydrogen-bond acceptors (Lipinski definition) is 2. The molecular weight excluding hydrogens is 271 g/mol. The Balaban J connectivity index is 2.37. The van der Waals surface area contributed by atoms with Crippen LogP contribution in [0.2, 0.25) is 0 Å². The van der Waals surface area contributed by atoms with Gasteiger partial charge in [0, 0.05) is 11.6 Å². The van der Waals surface area contributed by atoms with Gasteiger partial charge in [-0.3, -0.25) is 9.48 Å². The molecule has 0 spiro atoms. The molecule has 0 aliphatic carbocycles. The summed E-state index contributed by atoms with van der Waals surface area (Å²) >= 11 is 0. The average Bonchev–Trinajstić information content (AvgIpc) is 2.68. The quantitative estimate of drug-likeness (QED) is 0.938. The fraction of sp³-hybridized carbons (Fsp3) is 0.385. The van der Waals surface area contributed by atoms with E-state index in [0.717, 1.165) is 4.68 Å². The fourth-order valence-electron chi connectivity index (χ4n) is 2.18. The minimum atomic E-state index is -4.32. The molecule has 0 fully saturated rings. The molecule has 0 saturated heterocycles. The van der Waals surface area contributed by atoms with Crippen molar-refractivity contribution < 1.29 is 18.0 Å². The molecule has 1 amide bonds. The molecule has 2 N–H and O–H groups in total. The van der Waals surface area contributed by atoms with E-state index in [-0.39, 0.29) is 0 Å². The van der Waals surface area contributed by atoms with Gasteiger partial charge in [-0.1, -0.05) is 13.0 Å². The number of nitrogens with two attached hydrogens (primary N) is 1. The largest absolute Gasteiger partial charge is 0.408 e. The van der Waals surface area contributed by atoms with Crippen molar-refractivity contribution in [2.75, 3.05) is 0 Å². The van der Waals surface area contributed by atoms with E-state index in [1.54, 1.807) is 18.2 Å². The van der Waals surface area contributed by atoms with Crippen molar-refractivity contribution >= 4 is 16.8 Å². The highest BCUT2D eigenvalue weighted by atomic mass is 19.4. The van der Waals surface area contributed by atoms with E-state index in [4.69, 9.17) is 5.73 Å². The molecule has 2 rings (SSSR count). The first-order chi connectivity index (χ1) is 9.30. The van der Waals surface area contributed by atoms with Crippen LogP contribution in [0.15, 0.2) is 24.4 Å². The Bertz CT molecular complexity index is 633. The van der Waals surface area contributed by atoms with Crippen molar-refractivity contribution in [2.45, 2.75) is 32.0 Å². The second-order valence-corrected chi connectivity index (χ2v) is 4.62. The van der Waals surface area contributed by atoms with Gasteiger partial charge in [-0.05, 0) is 24.1 Å². The van der Waals surface area contributed by atoms with Crippen LogP contribution in [0.3, 0.4) is 0 Å². The van der Waals surface area contributed by atoms with E-state index in [9.17, 15) is 18.0 Å². The molecule has 0 saturated carbocycles. The summed E-state index contributed by atoms with van der Waals surface area (Å²) in [6.45, 7) is 0.691. The lowest BCUT2D eigenvalue weighted by Gasteiger charge is -2.10. The van der Waals surface area contributed by atoms with Crippen LogP contribution in [0.25, 0.3) is 10.9 Å². The van der Waals surface area contributed by atoms with Crippen LogP contribution in [-0.2, 0) is 11.3 Å². The normalized spacial score (nSPS) is 13.6. The van der Waals surface area contributed by atoms with Crippen LogP contribution < -0.4 is 5.73 Å². The van der Waals surface area contributed by atoms with Crippen LogP contribution >= 0.6 is 0 Å². The van der Waals surface area contributed by atoms with E-state index in [0.29, 0.717) is 22.9 Å². The number of hydrogen-bond donors (Lipinski definition) is 1. The number of rotatable bonds is 4. The molecule has 20 heavy (non-hydrogen) atoms. The van der Waals surface area contributed by atoms with Gasteiger partial charge in [-0.25, -0.2) is 0 Å². The number of aromatic nitrogens is 2. The van der Waals surface area contributed by atoms with E-state index >= 15 is 0 Å². The van der Waals surface area contributed by atoms with Crippen molar-refractivity contribution in [3.8, 4) is 0 Å². The third kappa shape index (κ3) is 3.09. The highest BCUT2D eigenvalue weighted by Gasteiger charge is 2.28. The zero-order valence-corrected chi connectivity index (χ0v) is 10.8. The summed E-state index contributed by atoms with van der Waals surface area (Å²) in [5.74, 6) is -0.889. The third-order valence-corrected chi connectivity index (χ3v) is 3.07. The molecule has 0 aliphatic rings. The molecular formula is C13H14F3N3O. The lowest BCUT2D eigenvalue weighted by molar-refractivity contribution is -0.142. The van der Waals surface area contributed by atoms with Crippen LogP contribution in [-0.4, -0.2) is 21.9 Å². The number of carbonyl (C=O) groups is 1. The van der Waals surface area contributed by atoms with Crippen molar-refractivity contribution in [1.82, 2.24) is 9.78 Å². The van der Waals surface area contributed by atoms with Crippen LogP contribution in [0.1, 0.15) is 24.8 Å². The van der Waals surface area contributed by atoms with Crippen LogP contribution in [0.4, 0.5) is 13.2 Å². The number of fused-ring (bicyclic) bond motifs is 1. The molecule has 2 aromatic rings. The van der Waals surface area contributed by atoms with Gasteiger partial charge in [0.15, 0.2) is 0 Å². The van der Waals surface area contributed by atoms with Crippen LogP contribution in [0, 0.1) is 0 Å². The minimum absolute atomic E-state index is 0.439. The second-order valence-electron chi connectivity index (χ2n) is 4.62. The zero-order valence-electron chi connectivity index (χ0n) is 10.8.